The van der Waals surface area contributed by atoms with E-state index in [9.17, 15) is 9.35 Å². The van der Waals surface area contributed by atoms with Crippen LogP contribution in [0.4, 0.5) is 0 Å². The number of unbranched alkanes of at least 4 members (excludes halogenated alkanes) is 2. The van der Waals surface area contributed by atoms with Gasteiger partial charge in [-0.1, -0.05) is 11.6 Å². The standard InChI is InChI=1S/C12H16ClNO3S/c13-10-5-7-11(8-6-10)18(17)9-3-1-2-4-12(15)14-16/h5-8,16H,1-4,9H2,(H,14,15). The van der Waals surface area contributed by atoms with Gasteiger partial charge in [-0.3, -0.25) is 10.0 Å². The van der Waals surface area contributed by atoms with Gasteiger partial charge < -0.3 is 4.55 Å². The molecule has 2 N–H and O–H groups in total. The van der Waals surface area contributed by atoms with Crippen LogP contribution in [0, 0.1) is 0 Å². The third-order valence-electron chi connectivity index (χ3n) is 2.43. The topological polar surface area (TPSA) is 72.4 Å². The van der Waals surface area contributed by atoms with Gasteiger partial charge >= 0.3 is 0 Å². The average Bonchev–Trinajstić information content (AvgIpc) is 2.38. The lowest BCUT2D eigenvalue weighted by atomic mass is 10.2. The summed E-state index contributed by atoms with van der Waals surface area (Å²) in [6, 6.07) is 6.97. The van der Waals surface area contributed by atoms with E-state index in [1.54, 1.807) is 29.7 Å². The van der Waals surface area contributed by atoms with Crippen molar-refractivity contribution in [3.8, 4) is 0 Å². The van der Waals surface area contributed by atoms with Gasteiger partial charge in [0.2, 0.25) is 5.91 Å². The van der Waals surface area contributed by atoms with Crippen molar-refractivity contribution in [3.05, 3.63) is 29.3 Å². The SMILES string of the molecule is O=C(CCCCC[S+]([O-])c1ccc(Cl)cc1)NO. The van der Waals surface area contributed by atoms with E-state index in [1.165, 1.54) is 0 Å². The van der Waals surface area contributed by atoms with Crippen molar-refractivity contribution >= 4 is 28.7 Å². The molecule has 0 aliphatic rings. The molecule has 1 unspecified atom stereocenters. The lowest BCUT2D eigenvalue weighted by Crippen LogP contribution is -2.17. The van der Waals surface area contributed by atoms with Gasteiger partial charge in [-0.05, 0) is 54.7 Å². The highest BCUT2D eigenvalue weighted by molar-refractivity contribution is 7.91. The molecule has 1 aromatic rings. The molecule has 6 heteroatoms. The van der Waals surface area contributed by atoms with E-state index in [-0.39, 0.29) is 5.91 Å². The molecule has 0 spiro atoms. The van der Waals surface area contributed by atoms with Crippen molar-refractivity contribution in [2.24, 2.45) is 0 Å². The minimum atomic E-state index is -1.02. The van der Waals surface area contributed by atoms with Gasteiger partial charge in [-0.25, -0.2) is 5.48 Å². The molecule has 0 saturated heterocycles. The number of hydrogen-bond acceptors (Lipinski definition) is 3. The van der Waals surface area contributed by atoms with E-state index >= 15 is 0 Å². The second-order valence-corrected chi connectivity index (χ2v) is 5.86. The Morgan fingerprint density at radius 1 is 1.28 bits per heavy atom. The Labute approximate surface area is 114 Å². The molecular formula is C12H16ClNO3S. The second kappa shape index (κ2) is 8.37. The molecule has 4 nitrogen and oxygen atoms in total. The third-order valence-corrected chi connectivity index (χ3v) is 4.14. The number of hydroxylamine groups is 1. The Bertz CT molecular complexity index is 372. The summed E-state index contributed by atoms with van der Waals surface area (Å²) in [4.78, 5) is 11.5. The van der Waals surface area contributed by atoms with Gasteiger partial charge in [0.05, 0.1) is 0 Å². The molecule has 0 aromatic heterocycles. The maximum Gasteiger partial charge on any atom is 0.243 e. The monoisotopic (exact) mass is 289 g/mol. The second-order valence-electron chi connectivity index (χ2n) is 3.85. The van der Waals surface area contributed by atoms with Crippen LogP contribution in [0.1, 0.15) is 25.7 Å². The van der Waals surface area contributed by atoms with Crippen LogP contribution in [0.25, 0.3) is 0 Å². The summed E-state index contributed by atoms with van der Waals surface area (Å²) < 4.78 is 11.9. The van der Waals surface area contributed by atoms with Gasteiger partial charge in [0, 0.05) is 11.4 Å². The Hall–Kier alpha value is -0.750. The summed E-state index contributed by atoms with van der Waals surface area (Å²) in [6.45, 7) is 0. The average molecular weight is 290 g/mol. The van der Waals surface area contributed by atoms with Crippen LogP contribution in [-0.2, 0) is 16.0 Å². The number of carbonyl (C=O) groups is 1. The van der Waals surface area contributed by atoms with Gasteiger partial charge in [0.15, 0.2) is 4.90 Å². The fourth-order valence-corrected chi connectivity index (χ4v) is 2.72. The molecule has 0 aliphatic heterocycles. The highest BCUT2D eigenvalue weighted by Gasteiger charge is 2.10. The van der Waals surface area contributed by atoms with E-state index < -0.39 is 11.2 Å². The number of amides is 1. The summed E-state index contributed by atoms with van der Waals surface area (Å²) in [6.07, 6.45) is 2.58. The first-order valence-corrected chi connectivity index (χ1v) is 7.40. The van der Waals surface area contributed by atoms with Crippen LogP contribution in [0.5, 0.6) is 0 Å². The molecule has 18 heavy (non-hydrogen) atoms. The normalized spacial score (nSPS) is 12.2. The predicted octanol–water partition coefficient (Wildman–Crippen LogP) is 2.51. The first-order valence-electron chi connectivity index (χ1n) is 5.70. The maximum atomic E-state index is 11.9. The zero-order chi connectivity index (χ0) is 13.4. The lowest BCUT2D eigenvalue weighted by Gasteiger charge is -2.10. The van der Waals surface area contributed by atoms with Crippen LogP contribution in [0.15, 0.2) is 29.2 Å². The quantitative estimate of drug-likeness (QED) is 0.351. The summed E-state index contributed by atoms with van der Waals surface area (Å²) in [5.74, 6) is 0.191. The fraction of sp³-hybridized carbons (Fsp3) is 0.417. The Balaban J connectivity index is 2.19. The lowest BCUT2D eigenvalue weighted by molar-refractivity contribution is -0.129. The number of benzene rings is 1. The van der Waals surface area contributed by atoms with Gasteiger partial charge in [0.25, 0.3) is 0 Å². The molecule has 0 saturated carbocycles. The molecule has 0 aliphatic carbocycles. The number of carbonyl (C=O) groups excluding carboxylic acids is 1. The summed E-state index contributed by atoms with van der Waals surface area (Å²) in [5.41, 5.74) is 1.58. The zero-order valence-corrected chi connectivity index (χ0v) is 11.5. The minimum Gasteiger partial charge on any atom is -0.611 e. The predicted molar refractivity (Wildman–Crippen MR) is 71.1 cm³/mol. The van der Waals surface area contributed by atoms with Crippen molar-refractivity contribution in [1.82, 2.24) is 5.48 Å². The summed E-state index contributed by atoms with van der Waals surface area (Å²) in [5, 5.41) is 8.92. The van der Waals surface area contributed by atoms with E-state index in [4.69, 9.17) is 16.8 Å². The Morgan fingerprint density at radius 2 is 1.94 bits per heavy atom. The smallest absolute Gasteiger partial charge is 0.243 e. The van der Waals surface area contributed by atoms with Crippen LogP contribution < -0.4 is 5.48 Å². The zero-order valence-electron chi connectivity index (χ0n) is 9.89. The molecular weight excluding hydrogens is 274 g/mol. The molecule has 0 fully saturated rings. The van der Waals surface area contributed by atoms with Gasteiger partial charge in [0.1, 0.15) is 5.75 Å². The molecule has 0 radical (unpaired) electrons. The van der Waals surface area contributed by atoms with E-state index in [0.717, 1.165) is 17.7 Å². The van der Waals surface area contributed by atoms with Crippen molar-refractivity contribution in [2.75, 3.05) is 5.75 Å². The van der Waals surface area contributed by atoms with Crippen LogP contribution in [0.3, 0.4) is 0 Å². The van der Waals surface area contributed by atoms with E-state index in [0.29, 0.717) is 23.6 Å². The van der Waals surface area contributed by atoms with Gasteiger partial charge in [-0.15, -0.1) is 0 Å². The van der Waals surface area contributed by atoms with E-state index in [1.807, 2.05) is 0 Å². The first-order chi connectivity index (χ1) is 8.63. The highest BCUT2D eigenvalue weighted by atomic mass is 35.5. The van der Waals surface area contributed by atoms with E-state index in [2.05, 4.69) is 0 Å². The highest BCUT2D eigenvalue weighted by Crippen LogP contribution is 2.16. The van der Waals surface area contributed by atoms with Crippen molar-refractivity contribution in [1.29, 1.82) is 0 Å². The van der Waals surface area contributed by atoms with Crippen molar-refractivity contribution in [3.63, 3.8) is 0 Å². The number of halogens is 1. The molecule has 0 heterocycles. The molecule has 1 aromatic carbocycles. The molecule has 1 amide bonds. The van der Waals surface area contributed by atoms with Crippen LogP contribution >= 0.6 is 11.6 Å². The Kier molecular flexibility index (Phi) is 7.12. The molecule has 1 atom stereocenters. The van der Waals surface area contributed by atoms with Crippen molar-refractivity contribution in [2.45, 2.75) is 30.6 Å². The fourth-order valence-electron chi connectivity index (χ4n) is 1.46. The molecule has 100 valence electrons. The van der Waals surface area contributed by atoms with Crippen molar-refractivity contribution < 1.29 is 14.6 Å². The summed E-state index contributed by atoms with van der Waals surface area (Å²) >= 11 is 4.73. The van der Waals surface area contributed by atoms with Crippen LogP contribution in [-0.4, -0.2) is 21.4 Å². The minimum absolute atomic E-state index is 0.296. The molecule has 1 rings (SSSR count). The van der Waals surface area contributed by atoms with Gasteiger partial charge in [-0.2, -0.15) is 0 Å². The number of nitrogens with one attached hydrogen (secondary N) is 1. The largest absolute Gasteiger partial charge is 0.611 e. The number of rotatable bonds is 7. The first kappa shape index (κ1) is 15.3. The number of hydrogen-bond donors (Lipinski definition) is 2. The van der Waals surface area contributed by atoms with Crippen LogP contribution in [0.2, 0.25) is 5.02 Å². The summed E-state index contributed by atoms with van der Waals surface area (Å²) in [7, 11) is 0. The maximum absolute atomic E-state index is 11.9. The third kappa shape index (κ3) is 5.73. The Morgan fingerprint density at radius 3 is 2.56 bits per heavy atom. The molecule has 0 bridgehead atoms.